The van der Waals surface area contributed by atoms with E-state index in [0.29, 0.717) is 29.1 Å². The Kier molecular flexibility index (Phi) is 30.4. The number of nitrogens with zero attached hydrogens (tertiary/aromatic N) is 8. The van der Waals surface area contributed by atoms with Crippen LogP contribution < -0.4 is 32.3 Å². The molecular weight excluding hydrogens is 1400 g/mol. The summed E-state index contributed by atoms with van der Waals surface area (Å²) in [5.41, 5.74) is 12.5. The fourth-order valence-corrected chi connectivity index (χ4v) is 12.8. The number of carbonyl (C=O) groups excluding carboxylic acids is 5. The summed E-state index contributed by atoms with van der Waals surface area (Å²) in [6.45, 7) is -1.08. The molecule has 491 valence electrons. The van der Waals surface area contributed by atoms with Crippen LogP contribution in [-0.4, -0.2) is 231 Å². The number of aryl methyl sites for hydroxylation is 1. The molecule has 6 rings (SSSR count). The minimum absolute atomic E-state index is 0. The second-order valence-electron chi connectivity index (χ2n) is 22.3. The van der Waals surface area contributed by atoms with Crippen molar-refractivity contribution in [3.8, 4) is 0 Å². The third-order valence-corrected chi connectivity index (χ3v) is 18.6. The number of rotatable bonds is 28. The van der Waals surface area contributed by atoms with Gasteiger partial charge in [0.1, 0.15) is 5.69 Å². The zero-order valence-electron chi connectivity index (χ0n) is 48.8. The van der Waals surface area contributed by atoms with E-state index >= 15 is 0 Å². The standard InChI is InChI=1S/C51H83ClN14O17P4.Gd/c52-39-6-7-41-42(31-39)59-43-30-37-27-36(28-38(29-37)48(43)49(41)53)5-1-2-18-66-33-40(60-61-66)32-58-45(67)9-8-44(50(70)56-12-25-86(78,79)80)64-16-3-14-63(35-47(69)55-11-24-85(75,76)77)20-22-65(51(71)57-13-26-87(81,82)83)17-4-15-62(19-21-64)34-46(68)54-10-23-84(72,73)74;/h6-7,27,31,33,37-38,44H,1-5,8-26,28-30,32,34-35H2,(H2,53,59)(H,54,68)(H,55,69)(H,56,70)(H,57,71)(H,58,67)(H2,72,73,74)(H2,75,76,77)(H2,78,79,80)(H2,81,82,83);/q;+3. The average molecular weight is 1480 g/mol. The van der Waals surface area contributed by atoms with Crippen LogP contribution in [0.4, 0.5) is 10.5 Å². The molecule has 3 heterocycles. The van der Waals surface area contributed by atoms with Gasteiger partial charge in [-0.25, -0.2) is 4.79 Å². The topological polar surface area (TPSA) is 458 Å². The molecule has 1 fully saturated rings. The molecule has 3 aromatic rings. The number of halogens is 1. The van der Waals surface area contributed by atoms with E-state index in [1.54, 1.807) is 25.6 Å². The van der Waals surface area contributed by atoms with Crippen molar-refractivity contribution in [2.24, 2.45) is 5.92 Å². The number of carbonyl (C=O) groups is 5. The van der Waals surface area contributed by atoms with Gasteiger partial charge in [-0.2, -0.15) is 0 Å². The molecule has 1 aromatic carbocycles. The molecular formula is C51H83ClGdN14O17P4+3. The van der Waals surface area contributed by atoms with Crippen LogP contribution in [0, 0.1) is 45.9 Å². The van der Waals surface area contributed by atoms with Gasteiger partial charge < -0.3 is 76.4 Å². The maximum atomic E-state index is 14.2. The molecule has 3 unspecified atom stereocenters. The number of nitrogens with two attached hydrogens (primary N) is 1. The van der Waals surface area contributed by atoms with Crippen molar-refractivity contribution in [3.63, 3.8) is 0 Å². The second-order valence-corrected chi connectivity index (χ2v) is 29.8. The first-order chi connectivity index (χ1) is 41.0. The van der Waals surface area contributed by atoms with Crippen LogP contribution in [0.2, 0.25) is 5.02 Å². The predicted molar refractivity (Wildman–Crippen MR) is 322 cm³/mol. The van der Waals surface area contributed by atoms with Crippen LogP contribution in [0.25, 0.3) is 10.9 Å². The Morgan fingerprint density at radius 2 is 1.28 bits per heavy atom. The third kappa shape index (κ3) is 27.4. The van der Waals surface area contributed by atoms with Crippen LogP contribution in [0.5, 0.6) is 0 Å². The zero-order chi connectivity index (χ0) is 63.5. The first-order valence-corrected chi connectivity index (χ1v) is 36.5. The fraction of sp³-hybridized carbons (Fsp3) is 0.647. The first kappa shape index (κ1) is 75.3. The van der Waals surface area contributed by atoms with Crippen LogP contribution in [0.15, 0.2) is 36.0 Å². The van der Waals surface area contributed by atoms with Crippen molar-refractivity contribution in [1.82, 2.24) is 66.2 Å². The smallest absolute Gasteiger partial charge is 0.398 e. The van der Waals surface area contributed by atoms with Crippen molar-refractivity contribution < 1.29 is 121 Å². The molecule has 6 amide bonds. The summed E-state index contributed by atoms with van der Waals surface area (Å²) in [7, 11) is -18.0. The van der Waals surface area contributed by atoms with E-state index < -0.39 is 97.3 Å². The van der Waals surface area contributed by atoms with E-state index in [1.165, 1.54) is 10.5 Å². The van der Waals surface area contributed by atoms with Crippen molar-refractivity contribution in [2.45, 2.75) is 89.3 Å². The average Bonchev–Trinajstić information content (AvgIpc) is 0.856. The summed E-state index contributed by atoms with van der Waals surface area (Å²) in [6.07, 6.45) is 7.10. The van der Waals surface area contributed by atoms with Gasteiger partial charge in [0.25, 0.3) is 0 Å². The molecule has 3 aliphatic rings. The van der Waals surface area contributed by atoms with E-state index in [9.17, 15) is 81.4 Å². The van der Waals surface area contributed by atoms with Gasteiger partial charge in [-0.3, -0.25) is 61.8 Å². The molecule has 1 radical (unpaired) electrons. The van der Waals surface area contributed by atoms with Crippen molar-refractivity contribution in [1.29, 1.82) is 0 Å². The molecule has 2 bridgehead atoms. The number of nitrogen functional groups attached to an aromatic ring is 1. The molecule has 1 aliphatic heterocycles. The Morgan fingerprint density at radius 3 is 1.91 bits per heavy atom. The summed E-state index contributed by atoms with van der Waals surface area (Å²) in [6, 6.07) is 3.82. The van der Waals surface area contributed by atoms with Gasteiger partial charge in [-0.1, -0.05) is 28.5 Å². The van der Waals surface area contributed by atoms with E-state index in [4.69, 9.17) is 22.3 Å². The van der Waals surface area contributed by atoms with Crippen molar-refractivity contribution in [3.05, 3.63) is 58.0 Å². The zero-order valence-corrected chi connectivity index (χ0v) is 55.4. The normalized spacial score (nSPS) is 18.2. The Hall–Kier alpha value is -3.45. The summed E-state index contributed by atoms with van der Waals surface area (Å²) in [5.74, 6) is -1.64. The van der Waals surface area contributed by atoms with E-state index in [1.807, 2.05) is 18.2 Å². The Balaban J connectivity index is 0.0000141. The van der Waals surface area contributed by atoms with E-state index in [-0.39, 0.29) is 157 Å². The molecule has 88 heavy (non-hydrogen) atoms. The van der Waals surface area contributed by atoms with Gasteiger partial charge in [-0.15, -0.1) is 5.10 Å². The van der Waals surface area contributed by atoms with Gasteiger partial charge in [0.2, 0.25) is 23.6 Å². The number of hydrogen-bond donors (Lipinski definition) is 14. The number of aromatic nitrogens is 4. The molecule has 3 atom stereocenters. The van der Waals surface area contributed by atoms with Crippen molar-refractivity contribution >= 4 is 88.2 Å². The Bertz CT molecular complexity index is 3090. The minimum Gasteiger partial charge on any atom is -0.398 e. The number of benzene rings is 1. The summed E-state index contributed by atoms with van der Waals surface area (Å²) in [5, 5.41) is 22.9. The van der Waals surface area contributed by atoms with Crippen LogP contribution in [-0.2, 0) is 56.9 Å². The maximum Gasteiger partial charge on any atom is 3.00 e. The molecule has 37 heteroatoms. The second kappa shape index (κ2) is 35.6. The van der Waals surface area contributed by atoms with Gasteiger partial charge >= 0.3 is 76.4 Å². The summed E-state index contributed by atoms with van der Waals surface area (Å²) < 4.78 is 48.1. The number of allylic oxidation sites excluding steroid dienone is 2. The number of unbranched alkanes of at least 4 members (excludes halogenated alkanes) is 1. The fourth-order valence-electron chi connectivity index (χ4n) is 11.0. The molecule has 1 saturated heterocycles. The van der Waals surface area contributed by atoms with Crippen molar-refractivity contribution in [2.75, 3.05) is 122 Å². The maximum absolute atomic E-state index is 14.2. The molecule has 0 spiro atoms. The predicted octanol–water partition coefficient (Wildman–Crippen LogP) is 0.444. The minimum atomic E-state index is -4.56. The van der Waals surface area contributed by atoms with Gasteiger partial charge in [-0.05, 0) is 94.4 Å². The third-order valence-electron chi connectivity index (χ3n) is 15.2. The number of pyridine rings is 1. The molecule has 15 N–H and O–H groups in total. The monoisotopic (exact) mass is 1480 g/mol. The summed E-state index contributed by atoms with van der Waals surface area (Å²) >= 11 is 6.26. The van der Waals surface area contributed by atoms with Gasteiger partial charge in [0.05, 0.1) is 62.0 Å². The summed E-state index contributed by atoms with van der Waals surface area (Å²) in [4.78, 5) is 155. The number of fused-ring (bicyclic) bond motifs is 5. The SMILES string of the molecule is Nc1c2c(nc3cc(Cl)ccc13)CC1C=C(CCCCn3cc(CNC(=O)CCC(C(=O)NCCP(=O)(O)O)N4CCCN(CC(=O)NCCP(=O)(O)O)CCN(C(=O)NCCP(=O)(O)O)CCCN(CC(=O)NCCP(=O)(O)O)CC4)nn3)CC2C1.[Gd+3]. The Labute approximate surface area is 547 Å². The molecule has 2 aromatic heterocycles. The molecule has 2 aliphatic carbocycles. The Morgan fingerprint density at radius 1 is 0.693 bits per heavy atom. The van der Waals surface area contributed by atoms with E-state index in [0.717, 1.165) is 66.4 Å². The number of nitrogens with one attached hydrogen (secondary N) is 5. The van der Waals surface area contributed by atoms with E-state index in [2.05, 4.69) is 43.0 Å². The van der Waals surface area contributed by atoms with Crippen LogP contribution in [0.1, 0.15) is 80.7 Å². The number of hydrogen-bond acceptors (Lipinski definition) is 16. The van der Waals surface area contributed by atoms with Crippen LogP contribution in [0.3, 0.4) is 0 Å². The molecule has 0 saturated carbocycles. The first-order valence-electron chi connectivity index (χ1n) is 28.9. The number of amides is 6. The quantitative estimate of drug-likeness (QED) is 0.0266. The van der Waals surface area contributed by atoms with Gasteiger partial charge in [0.15, 0.2) is 0 Å². The number of urea groups is 1. The largest absolute Gasteiger partial charge is 3.00 e. The molecule has 31 nitrogen and oxygen atoms in total. The number of anilines is 1. The van der Waals surface area contributed by atoms with Gasteiger partial charge in [0, 0.05) is 112 Å². The van der Waals surface area contributed by atoms with Crippen LogP contribution >= 0.6 is 42.0 Å².